The molecule has 0 saturated heterocycles. The number of nitrogens with zero attached hydrogens (tertiary/aromatic N) is 2. The molecule has 0 aliphatic heterocycles. The minimum atomic E-state index is 0.158. The third kappa shape index (κ3) is 4.56. The van der Waals surface area contributed by atoms with E-state index in [-0.39, 0.29) is 6.04 Å². The van der Waals surface area contributed by atoms with Crippen LogP contribution in [0, 0.1) is 0 Å². The molecular weight excluding hydrogens is 296 g/mol. The topological polar surface area (TPSA) is 49.8 Å². The van der Waals surface area contributed by atoms with Gasteiger partial charge in [-0.3, -0.25) is 0 Å². The molecular formula is C20H22N4. The zero-order valence-corrected chi connectivity index (χ0v) is 13.8. The van der Waals surface area contributed by atoms with Gasteiger partial charge >= 0.3 is 0 Å². The third-order valence-electron chi connectivity index (χ3n) is 3.86. The lowest BCUT2D eigenvalue weighted by Gasteiger charge is -2.14. The van der Waals surface area contributed by atoms with E-state index in [9.17, 15) is 0 Å². The summed E-state index contributed by atoms with van der Waals surface area (Å²) in [6.07, 6.45) is 2.74. The van der Waals surface area contributed by atoms with Crippen LogP contribution in [0.15, 0.2) is 72.9 Å². The molecule has 3 aromatic rings. The molecule has 3 rings (SSSR count). The van der Waals surface area contributed by atoms with Crippen molar-refractivity contribution in [3.8, 4) is 0 Å². The van der Waals surface area contributed by atoms with E-state index in [1.54, 1.807) is 6.20 Å². The van der Waals surface area contributed by atoms with E-state index in [0.717, 1.165) is 18.8 Å². The summed E-state index contributed by atoms with van der Waals surface area (Å²) in [5, 5.41) is 6.70. The van der Waals surface area contributed by atoms with E-state index < -0.39 is 0 Å². The van der Waals surface area contributed by atoms with Crippen LogP contribution in [-0.2, 0) is 6.42 Å². The lowest BCUT2D eigenvalue weighted by Crippen LogP contribution is -2.11. The van der Waals surface area contributed by atoms with Gasteiger partial charge in [-0.1, -0.05) is 60.7 Å². The van der Waals surface area contributed by atoms with E-state index >= 15 is 0 Å². The second-order valence-corrected chi connectivity index (χ2v) is 5.70. The van der Waals surface area contributed by atoms with Crippen molar-refractivity contribution in [1.82, 2.24) is 9.97 Å². The van der Waals surface area contributed by atoms with Crippen LogP contribution in [0.5, 0.6) is 0 Å². The number of hydrogen-bond acceptors (Lipinski definition) is 4. The average Bonchev–Trinajstić information content (AvgIpc) is 2.64. The quantitative estimate of drug-likeness (QED) is 0.682. The maximum Gasteiger partial charge on any atom is 0.225 e. The number of hydrogen-bond donors (Lipinski definition) is 2. The highest BCUT2D eigenvalue weighted by Crippen LogP contribution is 2.17. The predicted molar refractivity (Wildman–Crippen MR) is 99.1 cm³/mol. The summed E-state index contributed by atoms with van der Waals surface area (Å²) in [5.74, 6) is 1.47. The van der Waals surface area contributed by atoms with E-state index in [0.29, 0.717) is 5.95 Å². The van der Waals surface area contributed by atoms with Crippen molar-refractivity contribution in [3.63, 3.8) is 0 Å². The van der Waals surface area contributed by atoms with Crippen LogP contribution in [0.1, 0.15) is 24.1 Å². The molecule has 2 aromatic carbocycles. The normalized spacial score (nSPS) is 11.7. The molecule has 4 heteroatoms. The molecule has 1 atom stereocenters. The Bertz CT molecular complexity index is 744. The van der Waals surface area contributed by atoms with E-state index in [4.69, 9.17) is 0 Å². The monoisotopic (exact) mass is 318 g/mol. The Kier molecular flexibility index (Phi) is 5.40. The average molecular weight is 318 g/mol. The Morgan fingerprint density at radius 2 is 1.62 bits per heavy atom. The maximum absolute atomic E-state index is 4.54. The van der Waals surface area contributed by atoms with Crippen LogP contribution in [0.3, 0.4) is 0 Å². The van der Waals surface area contributed by atoms with Crippen molar-refractivity contribution in [2.75, 3.05) is 17.2 Å². The molecule has 4 nitrogen and oxygen atoms in total. The van der Waals surface area contributed by atoms with Crippen LogP contribution in [0.4, 0.5) is 11.8 Å². The first kappa shape index (κ1) is 16.0. The van der Waals surface area contributed by atoms with Crippen LogP contribution in [0.25, 0.3) is 0 Å². The first-order chi connectivity index (χ1) is 11.8. The van der Waals surface area contributed by atoms with Gasteiger partial charge in [0.2, 0.25) is 5.95 Å². The number of benzene rings is 2. The minimum Gasteiger partial charge on any atom is -0.370 e. The van der Waals surface area contributed by atoms with Gasteiger partial charge in [-0.15, -0.1) is 0 Å². The molecule has 1 heterocycles. The zero-order valence-electron chi connectivity index (χ0n) is 13.8. The Hall–Kier alpha value is -2.88. The first-order valence-corrected chi connectivity index (χ1v) is 8.23. The molecule has 0 fully saturated rings. The fourth-order valence-corrected chi connectivity index (χ4v) is 2.52. The predicted octanol–water partition coefficient (Wildman–Crippen LogP) is 4.30. The van der Waals surface area contributed by atoms with Gasteiger partial charge in [0, 0.05) is 12.7 Å². The molecule has 1 unspecified atom stereocenters. The SMILES string of the molecule is CC(Nc1nccc(NCCc2ccccc2)n1)c1ccccc1. The van der Waals surface area contributed by atoms with Crippen LogP contribution in [0.2, 0.25) is 0 Å². The van der Waals surface area contributed by atoms with Gasteiger partial charge in [-0.05, 0) is 30.5 Å². The summed E-state index contributed by atoms with van der Waals surface area (Å²) >= 11 is 0. The Balaban J connectivity index is 1.56. The number of nitrogens with one attached hydrogen (secondary N) is 2. The van der Waals surface area contributed by atoms with Gasteiger partial charge in [0.25, 0.3) is 0 Å². The zero-order chi connectivity index (χ0) is 16.6. The summed E-state index contributed by atoms with van der Waals surface area (Å²) in [5.41, 5.74) is 2.53. The Morgan fingerprint density at radius 3 is 2.38 bits per heavy atom. The van der Waals surface area contributed by atoms with E-state index in [1.807, 2.05) is 30.3 Å². The van der Waals surface area contributed by atoms with Gasteiger partial charge < -0.3 is 10.6 Å². The molecule has 0 saturated carbocycles. The van der Waals surface area contributed by atoms with Crippen molar-refractivity contribution in [3.05, 3.63) is 84.1 Å². The van der Waals surface area contributed by atoms with Crippen molar-refractivity contribution >= 4 is 11.8 Å². The van der Waals surface area contributed by atoms with Crippen LogP contribution >= 0.6 is 0 Å². The summed E-state index contributed by atoms with van der Waals surface area (Å²) in [6.45, 7) is 2.95. The highest BCUT2D eigenvalue weighted by Gasteiger charge is 2.06. The fraction of sp³-hybridized carbons (Fsp3) is 0.200. The fourth-order valence-electron chi connectivity index (χ4n) is 2.52. The second-order valence-electron chi connectivity index (χ2n) is 5.70. The lowest BCUT2D eigenvalue weighted by atomic mass is 10.1. The minimum absolute atomic E-state index is 0.158. The number of aromatic nitrogens is 2. The Morgan fingerprint density at radius 1 is 0.917 bits per heavy atom. The number of rotatable bonds is 7. The molecule has 0 spiro atoms. The third-order valence-corrected chi connectivity index (χ3v) is 3.86. The molecule has 0 bridgehead atoms. The maximum atomic E-state index is 4.54. The second kappa shape index (κ2) is 8.11. The molecule has 0 aliphatic rings. The largest absolute Gasteiger partial charge is 0.370 e. The van der Waals surface area contributed by atoms with Gasteiger partial charge in [0.15, 0.2) is 0 Å². The van der Waals surface area contributed by atoms with E-state index in [2.05, 4.69) is 63.9 Å². The first-order valence-electron chi connectivity index (χ1n) is 8.23. The van der Waals surface area contributed by atoms with Crippen LogP contribution < -0.4 is 10.6 Å². The van der Waals surface area contributed by atoms with Crippen molar-refractivity contribution in [2.45, 2.75) is 19.4 Å². The summed E-state index contributed by atoms with van der Waals surface area (Å²) < 4.78 is 0. The molecule has 2 N–H and O–H groups in total. The van der Waals surface area contributed by atoms with Gasteiger partial charge in [0.05, 0.1) is 6.04 Å². The summed E-state index contributed by atoms with van der Waals surface area (Å²) in [6, 6.07) is 22.8. The molecule has 122 valence electrons. The summed E-state index contributed by atoms with van der Waals surface area (Å²) in [4.78, 5) is 8.84. The number of anilines is 2. The molecule has 0 amide bonds. The standard InChI is InChI=1S/C20H22N4/c1-16(18-10-6-3-7-11-18)23-20-22-15-13-19(24-20)21-14-12-17-8-4-2-5-9-17/h2-11,13,15-16H,12,14H2,1H3,(H2,21,22,23,24). The van der Waals surface area contributed by atoms with Gasteiger partial charge in [-0.2, -0.15) is 4.98 Å². The highest BCUT2D eigenvalue weighted by molar-refractivity contribution is 5.41. The Labute approximate surface area is 143 Å². The van der Waals surface area contributed by atoms with Gasteiger partial charge in [0.1, 0.15) is 5.82 Å². The van der Waals surface area contributed by atoms with E-state index in [1.165, 1.54) is 11.1 Å². The van der Waals surface area contributed by atoms with Crippen molar-refractivity contribution < 1.29 is 0 Å². The van der Waals surface area contributed by atoms with Crippen molar-refractivity contribution in [2.24, 2.45) is 0 Å². The highest BCUT2D eigenvalue weighted by atomic mass is 15.1. The van der Waals surface area contributed by atoms with Gasteiger partial charge in [-0.25, -0.2) is 4.98 Å². The van der Waals surface area contributed by atoms with Crippen molar-refractivity contribution in [1.29, 1.82) is 0 Å². The molecule has 24 heavy (non-hydrogen) atoms. The lowest BCUT2D eigenvalue weighted by molar-refractivity contribution is 0.859. The summed E-state index contributed by atoms with van der Waals surface area (Å²) in [7, 11) is 0. The molecule has 0 aliphatic carbocycles. The molecule has 0 radical (unpaired) electrons. The van der Waals surface area contributed by atoms with Crippen LogP contribution in [-0.4, -0.2) is 16.5 Å². The molecule has 1 aromatic heterocycles. The smallest absolute Gasteiger partial charge is 0.225 e.